The summed E-state index contributed by atoms with van der Waals surface area (Å²) in [5, 5.41) is 0. The Morgan fingerprint density at radius 3 is 2.46 bits per heavy atom. The van der Waals surface area contributed by atoms with Crippen molar-refractivity contribution in [3.8, 4) is 5.75 Å². The lowest BCUT2D eigenvalue weighted by Crippen LogP contribution is -2.38. The summed E-state index contributed by atoms with van der Waals surface area (Å²) in [7, 11) is -2.10. The van der Waals surface area contributed by atoms with E-state index in [2.05, 4.69) is 4.72 Å². The van der Waals surface area contributed by atoms with Gasteiger partial charge in [0.15, 0.2) is 0 Å². The average Bonchev–Trinajstić information content (AvgIpc) is 2.58. The zero-order chi connectivity index (χ0) is 19.3. The van der Waals surface area contributed by atoms with Gasteiger partial charge in [0.25, 0.3) is 0 Å². The number of carbonyl (C=O) groups excluding carboxylic acids is 1. The summed E-state index contributed by atoms with van der Waals surface area (Å²) in [6.07, 6.45) is 0. The fourth-order valence-corrected chi connectivity index (χ4v) is 3.95. The van der Waals surface area contributed by atoms with Crippen molar-refractivity contribution in [2.45, 2.75) is 25.7 Å². The van der Waals surface area contributed by atoms with Gasteiger partial charge in [0.1, 0.15) is 5.75 Å². The first-order valence-electron chi connectivity index (χ1n) is 8.24. The number of anilines is 1. The minimum Gasteiger partial charge on any atom is -0.495 e. The number of sulfonamides is 1. The molecule has 0 saturated heterocycles. The van der Waals surface area contributed by atoms with E-state index >= 15 is 0 Å². The molecule has 0 radical (unpaired) electrons. The molecule has 0 aliphatic carbocycles. The van der Waals surface area contributed by atoms with Crippen molar-refractivity contribution in [1.82, 2.24) is 4.72 Å². The van der Waals surface area contributed by atoms with Gasteiger partial charge in [-0.15, -0.1) is 0 Å². The van der Waals surface area contributed by atoms with Crippen molar-refractivity contribution >= 4 is 21.6 Å². The molecule has 0 bridgehead atoms. The molecule has 0 heterocycles. The van der Waals surface area contributed by atoms with Crippen molar-refractivity contribution < 1.29 is 17.9 Å². The minimum atomic E-state index is -3.64. The van der Waals surface area contributed by atoms with Gasteiger partial charge in [-0.05, 0) is 43.2 Å². The molecule has 0 unspecified atom stereocenters. The number of nitrogens with zero attached hydrogens (tertiary/aromatic N) is 1. The number of hydrogen-bond donors (Lipinski definition) is 1. The van der Waals surface area contributed by atoms with Gasteiger partial charge in [-0.3, -0.25) is 4.79 Å². The van der Waals surface area contributed by atoms with Gasteiger partial charge in [-0.25, -0.2) is 13.1 Å². The molecule has 2 aromatic carbocycles. The van der Waals surface area contributed by atoms with Crippen molar-refractivity contribution in [3.63, 3.8) is 0 Å². The highest BCUT2D eigenvalue weighted by Crippen LogP contribution is 2.29. The van der Waals surface area contributed by atoms with Crippen molar-refractivity contribution in [2.24, 2.45) is 0 Å². The topological polar surface area (TPSA) is 75.7 Å². The Morgan fingerprint density at radius 1 is 1.15 bits per heavy atom. The molecule has 2 aromatic rings. The van der Waals surface area contributed by atoms with Gasteiger partial charge < -0.3 is 9.64 Å². The van der Waals surface area contributed by atoms with Crippen LogP contribution in [0.1, 0.15) is 18.1 Å². The fraction of sp³-hybridized carbons (Fsp3) is 0.316. The fourth-order valence-electron chi connectivity index (χ4n) is 2.69. The lowest BCUT2D eigenvalue weighted by molar-refractivity contribution is -0.116. The highest BCUT2D eigenvalue weighted by Gasteiger charge is 2.19. The third-order valence-electron chi connectivity index (χ3n) is 4.02. The summed E-state index contributed by atoms with van der Waals surface area (Å²) in [5.41, 5.74) is 2.27. The molecule has 1 N–H and O–H groups in total. The number of benzene rings is 2. The molecule has 140 valence electrons. The molecule has 6 nitrogen and oxygen atoms in total. The third kappa shape index (κ3) is 4.62. The minimum absolute atomic E-state index is 0.0906. The van der Waals surface area contributed by atoms with Crippen LogP contribution >= 0.6 is 0 Å². The third-order valence-corrected chi connectivity index (χ3v) is 5.64. The number of ether oxygens (including phenoxy) is 1. The van der Waals surface area contributed by atoms with Crippen molar-refractivity contribution in [2.75, 3.05) is 25.1 Å². The Balaban J connectivity index is 2.17. The number of hydrogen-bond acceptors (Lipinski definition) is 4. The molecule has 1 amide bonds. The lowest BCUT2D eigenvalue weighted by Gasteiger charge is -2.24. The lowest BCUT2D eigenvalue weighted by atomic mass is 10.2. The van der Waals surface area contributed by atoms with E-state index in [1.54, 1.807) is 37.3 Å². The Kier molecular flexibility index (Phi) is 6.39. The molecule has 0 aliphatic rings. The van der Waals surface area contributed by atoms with E-state index in [4.69, 9.17) is 4.74 Å². The van der Waals surface area contributed by atoms with E-state index in [9.17, 15) is 13.2 Å². The Bertz CT molecular complexity index is 894. The number of nitrogens with one attached hydrogen (secondary N) is 1. The number of amides is 1. The standard InChI is InChI=1S/C19H24N2O4S/c1-14-9-10-18(25-4)17(13-14)21(16(3)22)12-11-20-26(23,24)19-8-6-5-7-15(19)2/h5-10,13,20H,11-12H2,1-4H3. The zero-order valence-electron chi connectivity index (χ0n) is 15.4. The van der Waals surface area contributed by atoms with Crippen LogP contribution in [0.25, 0.3) is 0 Å². The SMILES string of the molecule is COc1ccc(C)cc1N(CCNS(=O)(=O)c1ccccc1C)C(C)=O. The van der Waals surface area contributed by atoms with Crippen LogP contribution in [0.15, 0.2) is 47.4 Å². The average molecular weight is 376 g/mol. The maximum Gasteiger partial charge on any atom is 0.240 e. The zero-order valence-corrected chi connectivity index (χ0v) is 16.3. The monoisotopic (exact) mass is 376 g/mol. The van der Waals surface area contributed by atoms with E-state index < -0.39 is 10.0 Å². The number of rotatable bonds is 7. The second-order valence-corrected chi connectivity index (χ2v) is 7.74. The van der Waals surface area contributed by atoms with Crippen LogP contribution in [-0.4, -0.2) is 34.5 Å². The predicted molar refractivity (Wildman–Crippen MR) is 102 cm³/mol. The van der Waals surface area contributed by atoms with Gasteiger partial charge in [0, 0.05) is 20.0 Å². The first-order valence-corrected chi connectivity index (χ1v) is 9.72. The summed E-state index contributed by atoms with van der Waals surface area (Å²) < 4.78 is 32.8. The van der Waals surface area contributed by atoms with E-state index in [1.165, 1.54) is 18.9 Å². The Morgan fingerprint density at radius 2 is 1.85 bits per heavy atom. The summed E-state index contributed by atoms with van der Waals surface area (Å²) in [6, 6.07) is 12.3. The molecule has 7 heteroatoms. The molecular weight excluding hydrogens is 352 g/mol. The largest absolute Gasteiger partial charge is 0.495 e. The summed E-state index contributed by atoms with van der Waals surface area (Å²) in [5.74, 6) is 0.372. The maximum atomic E-state index is 12.5. The van der Waals surface area contributed by atoms with Crippen LogP contribution in [0, 0.1) is 13.8 Å². The van der Waals surface area contributed by atoms with E-state index in [0.717, 1.165) is 5.56 Å². The Hall–Kier alpha value is -2.38. The molecule has 0 aromatic heterocycles. The highest BCUT2D eigenvalue weighted by molar-refractivity contribution is 7.89. The second-order valence-electron chi connectivity index (χ2n) is 6.01. The molecule has 0 saturated carbocycles. The molecule has 0 spiro atoms. The Labute approximate surface area is 154 Å². The van der Waals surface area contributed by atoms with Gasteiger partial charge in [0.2, 0.25) is 15.9 Å². The van der Waals surface area contributed by atoms with E-state index in [1.807, 2.05) is 19.1 Å². The van der Waals surface area contributed by atoms with Crippen molar-refractivity contribution in [3.05, 3.63) is 53.6 Å². The van der Waals surface area contributed by atoms with Crippen LogP contribution < -0.4 is 14.4 Å². The molecule has 0 fully saturated rings. The normalized spacial score (nSPS) is 11.2. The van der Waals surface area contributed by atoms with Crippen LogP contribution in [0.5, 0.6) is 5.75 Å². The number of carbonyl (C=O) groups is 1. The van der Waals surface area contributed by atoms with Crippen LogP contribution in [0.2, 0.25) is 0 Å². The quantitative estimate of drug-likeness (QED) is 0.806. The van der Waals surface area contributed by atoms with Crippen molar-refractivity contribution in [1.29, 1.82) is 0 Å². The van der Waals surface area contributed by atoms with E-state index in [0.29, 0.717) is 17.0 Å². The van der Waals surface area contributed by atoms with Crippen LogP contribution in [0.3, 0.4) is 0 Å². The number of aryl methyl sites for hydroxylation is 2. The molecule has 2 rings (SSSR count). The first kappa shape index (κ1) is 19.9. The molecule has 26 heavy (non-hydrogen) atoms. The van der Waals surface area contributed by atoms with Gasteiger partial charge in [-0.2, -0.15) is 0 Å². The summed E-state index contributed by atoms with van der Waals surface area (Å²) in [4.78, 5) is 13.8. The predicted octanol–water partition coefficient (Wildman–Crippen LogP) is 2.64. The first-order chi connectivity index (χ1) is 12.3. The molecular formula is C19H24N2O4S. The second kappa shape index (κ2) is 8.33. The van der Waals surface area contributed by atoms with Gasteiger partial charge in [0.05, 0.1) is 17.7 Å². The molecule has 0 atom stereocenters. The van der Waals surface area contributed by atoms with Crippen LogP contribution in [0.4, 0.5) is 5.69 Å². The smallest absolute Gasteiger partial charge is 0.240 e. The highest BCUT2D eigenvalue weighted by atomic mass is 32.2. The maximum absolute atomic E-state index is 12.5. The van der Waals surface area contributed by atoms with Crippen LogP contribution in [-0.2, 0) is 14.8 Å². The summed E-state index contributed by atoms with van der Waals surface area (Å²) in [6.45, 7) is 5.39. The van der Waals surface area contributed by atoms with Gasteiger partial charge >= 0.3 is 0 Å². The number of methoxy groups -OCH3 is 1. The van der Waals surface area contributed by atoms with E-state index in [-0.39, 0.29) is 23.9 Å². The molecule has 0 aliphatic heterocycles. The summed E-state index contributed by atoms with van der Waals surface area (Å²) >= 11 is 0. The van der Waals surface area contributed by atoms with Gasteiger partial charge in [-0.1, -0.05) is 24.3 Å².